The molecule has 1 heterocycles. The molecule has 0 aliphatic carbocycles. The van der Waals surface area contributed by atoms with Crippen LogP contribution in [-0.2, 0) is 13.1 Å². The summed E-state index contributed by atoms with van der Waals surface area (Å²) in [6.07, 6.45) is 3.16. The summed E-state index contributed by atoms with van der Waals surface area (Å²) in [5.74, 6) is 0. The molecule has 2 N–H and O–H groups in total. The molecule has 1 aromatic carbocycles. The molecule has 0 fully saturated rings. The van der Waals surface area contributed by atoms with E-state index in [1.165, 1.54) is 16.5 Å². The van der Waals surface area contributed by atoms with E-state index in [-0.39, 0.29) is 12.6 Å². The van der Waals surface area contributed by atoms with Gasteiger partial charge in [0.05, 0.1) is 6.61 Å². The molecule has 18 heavy (non-hydrogen) atoms. The molecular weight excluding hydrogens is 224 g/mol. The molecule has 2 rings (SSSR count). The van der Waals surface area contributed by atoms with E-state index in [2.05, 4.69) is 54.2 Å². The number of fused-ring (bicyclic) bond motifs is 1. The second-order valence-electron chi connectivity index (χ2n) is 4.63. The first-order valence-corrected chi connectivity index (χ1v) is 6.71. The number of aliphatic hydroxyl groups is 1. The van der Waals surface area contributed by atoms with Gasteiger partial charge in [-0.1, -0.05) is 25.1 Å². The highest BCUT2D eigenvalue weighted by Crippen LogP contribution is 2.21. The predicted molar refractivity (Wildman–Crippen MR) is 75.6 cm³/mol. The van der Waals surface area contributed by atoms with Crippen molar-refractivity contribution in [3.05, 3.63) is 36.0 Å². The van der Waals surface area contributed by atoms with Crippen LogP contribution < -0.4 is 5.32 Å². The van der Waals surface area contributed by atoms with Gasteiger partial charge in [0, 0.05) is 36.2 Å². The van der Waals surface area contributed by atoms with E-state index in [1.54, 1.807) is 0 Å². The Bertz CT molecular complexity index is 500. The SMILES string of the molecule is CCC(CO)NCc1cn(CC)c2ccccc12. The maximum atomic E-state index is 9.20. The highest BCUT2D eigenvalue weighted by molar-refractivity contribution is 5.83. The molecule has 0 aliphatic heterocycles. The number of hydrogen-bond acceptors (Lipinski definition) is 2. The first kappa shape index (κ1) is 13.1. The average Bonchev–Trinajstić information content (AvgIpc) is 2.78. The van der Waals surface area contributed by atoms with Crippen LogP contribution in [0.2, 0.25) is 0 Å². The Morgan fingerprint density at radius 2 is 2.06 bits per heavy atom. The zero-order valence-electron chi connectivity index (χ0n) is 11.2. The van der Waals surface area contributed by atoms with E-state index in [0.29, 0.717) is 0 Å². The lowest BCUT2D eigenvalue weighted by atomic mass is 10.1. The highest BCUT2D eigenvalue weighted by Gasteiger charge is 2.09. The molecule has 0 radical (unpaired) electrons. The van der Waals surface area contributed by atoms with Crippen molar-refractivity contribution in [3.63, 3.8) is 0 Å². The van der Waals surface area contributed by atoms with Gasteiger partial charge in [-0.05, 0) is 25.0 Å². The summed E-state index contributed by atoms with van der Waals surface area (Å²) < 4.78 is 2.27. The van der Waals surface area contributed by atoms with E-state index in [1.807, 2.05) is 0 Å². The molecule has 3 heteroatoms. The van der Waals surface area contributed by atoms with Crippen LogP contribution in [-0.4, -0.2) is 22.3 Å². The molecule has 0 bridgehead atoms. The minimum atomic E-state index is 0.189. The highest BCUT2D eigenvalue weighted by atomic mass is 16.3. The van der Waals surface area contributed by atoms with Crippen LogP contribution >= 0.6 is 0 Å². The summed E-state index contributed by atoms with van der Waals surface area (Å²) in [5, 5.41) is 13.9. The van der Waals surface area contributed by atoms with Crippen LogP contribution in [0.4, 0.5) is 0 Å². The zero-order chi connectivity index (χ0) is 13.0. The quantitative estimate of drug-likeness (QED) is 0.822. The Morgan fingerprint density at radius 3 is 2.72 bits per heavy atom. The van der Waals surface area contributed by atoms with Crippen molar-refractivity contribution < 1.29 is 5.11 Å². The number of benzene rings is 1. The average molecular weight is 246 g/mol. The largest absolute Gasteiger partial charge is 0.395 e. The summed E-state index contributed by atoms with van der Waals surface area (Å²) in [6, 6.07) is 8.67. The van der Waals surface area contributed by atoms with Gasteiger partial charge in [0.15, 0.2) is 0 Å². The fourth-order valence-electron chi connectivity index (χ4n) is 2.32. The molecule has 0 aliphatic rings. The molecule has 3 nitrogen and oxygen atoms in total. The van der Waals surface area contributed by atoms with Crippen molar-refractivity contribution in [3.8, 4) is 0 Å². The van der Waals surface area contributed by atoms with Crippen LogP contribution in [0.25, 0.3) is 10.9 Å². The second kappa shape index (κ2) is 6.03. The minimum Gasteiger partial charge on any atom is -0.395 e. The van der Waals surface area contributed by atoms with Gasteiger partial charge in [-0.25, -0.2) is 0 Å². The lowest BCUT2D eigenvalue weighted by molar-refractivity contribution is 0.238. The molecule has 2 aromatic rings. The minimum absolute atomic E-state index is 0.189. The molecule has 1 unspecified atom stereocenters. The third kappa shape index (κ3) is 2.57. The summed E-state index contributed by atoms with van der Waals surface area (Å²) in [7, 11) is 0. The molecule has 0 saturated heterocycles. The van der Waals surface area contributed by atoms with Crippen LogP contribution in [0.3, 0.4) is 0 Å². The third-order valence-electron chi connectivity index (χ3n) is 3.51. The lowest BCUT2D eigenvalue weighted by Gasteiger charge is -2.13. The van der Waals surface area contributed by atoms with Crippen molar-refractivity contribution in [1.82, 2.24) is 9.88 Å². The standard InChI is InChI=1S/C15H22N2O/c1-3-13(11-18)16-9-12-10-17(4-2)15-8-6-5-7-14(12)15/h5-8,10,13,16,18H,3-4,9,11H2,1-2H3. The van der Waals surface area contributed by atoms with Crippen molar-refractivity contribution >= 4 is 10.9 Å². The number of nitrogens with one attached hydrogen (secondary N) is 1. The van der Waals surface area contributed by atoms with E-state index in [4.69, 9.17) is 0 Å². The van der Waals surface area contributed by atoms with Crippen LogP contribution in [0.15, 0.2) is 30.5 Å². The molecule has 0 spiro atoms. The first-order valence-electron chi connectivity index (χ1n) is 6.71. The first-order chi connectivity index (χ1) is 8.80. The Labute approximate surface area is 108 Å². The van der Waals surface area contributed by atoms with Crippen molar-refractivity contribution in [1.29, 1.82) is 0 Å². The normalized spacial score (nSPS) is 13.1. The molecule has 0 saturated carbocycles. The Hall–Kier alpha value is -1.32. The van der Waals surface area contributed by atoms with E-state index >= 15 is 0 Å². The number of hydrogen-bond donors (Lipinski definition) is 2. The van der Waals surface area contributed by atoms with Crippen LogP contribution in [0, 0.1) is 0 Å². The van der Waals surface area contributed by atoms with Gasteiger partial charge >= 0.3 is 0 Å². The van der Waals surface area contributed by atoms with E-state index in [9.17, 15) is 5.11 Å². The Balaban J connectivity index is 2.22. The fraction of sp³-hybridized carbons (Fsp3) is 0.467. The lowest BCUT2D eigenvalue weighted by Crippen LogP contribution is -2.31. The van der Waals surface area contributed by atoms with E-state index in [0.717, 1.165) is 19.5 Å². The molecule has 1 atom stereocenters. The molecule has 0 amide bonds. The summed E-state index contributed by atoms with van der Waals surface area (Å²) in [4.78, 5) is 0. The number of nitrogens with zero attached hydrogens (tertiary/aromatic N) is 1. The van der Waals surface area contributed by atoms with Crippen LogP contribution in [0.5, 0.6) is 0 Å². The topological polar surface area (TPSA) is 37.2 Å². The van der Waals surface area contributed by atoms with Crippen molar-refractivity contribution in [2.45, 2.75) is 39.4 Å². The van der Waals surface area contributed by atoms with Gasteiger partial charge in [-0.3, -0.25) is 0 Å². The van der Waals surface area contributed by atoms with Gasteiger partial charge in [0.2, 0.25) is 0 Å². The third-order valence-corrected chi connectivity index (χ3v) is 3.51. The predicted octanol–water partition coefficient (Wildman–Crippen LogP) is 2.52. The zero-order valence-corrected chi connectivity index (χ0v) is 11.2. The van der Waals surface area contributed by atoms with E-state index < -0.39 is 0 Å². The number of rotatable bonds is 6. The van der Waals surface area contributed by atoms with Crippen molar-refractivity contribution in [2.75, 3.05) is 6.61 Å². The Morgan fingerprint density at radius 1 is 1.28 bits per heavy atom. The van der Waals surface area contributed by atoms with Gasteiger partial charge in [-0.15, -0.1) is 0 Å². The number of aliphatic hydroxyl groups excluding tert-OH is 1. The number of para-hydroxylation sites is 1. The Kier molecular flexibility index (Phi) is 4.39. The van der Waals surface area contributed by atoms with Gasteiger partial charge < -0.3 is 15.0 Å². The van der Waals surface area contributed by atoms with Gasteiger partial charge in [0.25, 0.3) is 0 Å². The summed E-state index contributed by atoms with van der Waals surface area (Å²) in [6.45, 7) is 6.24. The maximum Gasteiger partial charge on any atom is 0.0584 e. The molecular formula is C15H22N2O. The summed E-state index contributed by atoms with van der Waals surface area (Å²) in [5.41, 5.74) is 2.59. The van der Waals surface area contributed by atoms with Gasteiger partial charge in [0.1, 0.15) is 0 Å². The monoisotopic (exact) mass is 246 g/mol. The fourth-order valence-corrected chi connectivity index (χ4v) is 2.32. The maximum absolute atomic E-state index is 9.20. The number of aryl methyl sites for hydroxylation is 1. The number of aromatic nitrogens is 1. The summed E-state index contributed by atoms with van der Waals surface area (Å²) >= 11 is 0. The smallest absolute Gasteiger partial charge is 0.0584 e. The van der Waals surface area contributed by atoms with Crippen LogP contribution in [0.1, 0.15) is 25.8 Å². The van der Waals surface area contributed by atoms with Gasteiger partial charge in [-0.2, -0.15) is 0 Å². The second-order valence-corrected chi connectivity index (χ2v) is 4.63. The van der Waals surface area contributed by atoms with Crippen molar-refractivity contribution in [2.24, 2.45) is 0 Å². The molecule has 1 aromatic heterocycles. The molecule has 98 valence electrons.